The lowest BCUT2D eigenvalue weighted by molar-refractivity contribution is -0.303. The fourth-order valence-electron chi connectivity index (χ4n) is 1.59. The van der Waals surface area contributed by atoms with Crippen molar-refractivity contribution < 1.29 is 24.2 Å². The van der Waals surface area contributed by atoms with Crippen LogP contribution in [0.2, 0.25) is 0 Å². The summed E-state index contributed by atoms with van der Waals surface area (Å²) in [6, 6.07) is 0. The standard InChI is InChI=1S/C12H19NO5/c1-11(2)7-17-12(3,4)18-9(11)10(16)13-6-5-8(14)15/h5-6,9H,7H2,1-4H3,(H,13,16)(H,14,15)/b6-5-/t9-/m0/s1. The van der Waals surface area contributed by atoms with Crippen molar-refractivity contribution in [1.82, 2.24) is 5.32 Å². The van der Waals surface area contributed by atoms with Gasteiger partial charge in [0.15, 0.2) is 5.79 Å². The maximum absolute atomic E-state index is 11.9. The molecule has 1 atom stereocenters. The van der Waals surface area contributed by atoms with Gasteiger partial charge in [-0.25, -0.2) is 4.79 Å². The number of carboxylic acids is 1. The normalized spacial score (nSPS) is 25.9. The van der Waals surface area contributed by atoms with Crippen LogP contribution in [-0.2, 0) is 19.1 Å². The summed E-state index contributed by atoms with van der Waals surface area (Å²) in [5, 5.41) is 10.8. The summed E-state index contributed by atoms with van der Waals surface area (Å²) in [6.45, 7) is 7.56. The van der Waals surface area contributed by atoms with Gasteiger partial charge in [-0.3, -0.25) is 4.79 Å². The Morgan fingerprint density at radius 2 is 1.94 bits per heavy atom. The largest absolute Gasteiger partial charge is 0.478 e. The van der Waals surface area contributed by atoms with Crippen LogP contribution < -0.4 is 5.32 Å². The Morgan fingerprint density at radius 1 is 1.33 bits per heavy atom. The van der Waals surface area contributed by atoms with Gasteiger partial charge in [-0.15, -0.1) is 0 Å². The Hall–Kier alpha value is -1.40. The zero-order chi connectivity index (χ0) is 14.0. The summed E-state index contributed by atoms with van der Waals surface area (Å²) in [4.78, 5) is 22.2. The average Bonchev–Trinajstić information content (AvgIpc) is 2.21. The maximum atomic E-state index is 11.9. The molecule has 1 aliphatic heterocycles. The van der Waals surface area contributed by atoms with Crippen LogP contribution in [0.1, 0.15) is 27.7 Å². The number of amides is 1. The lowest BCUT2D eigenvalue weighted by Gasteiger charge is -2.44. The molecule has 0 aliphatic carbocycles. The minimum atomic E-state index is -1.12. The van der Waals surface area contributed by atoms with Crippen molar-refractivity contribution in [3.8, 4) is 0 Å². The Balaban J connectivity index is 2.72. The fraction of sp³-hybridized carbons (Fsp3) is 0.667. The van der Waals surface area contributed by atoms with Crippen molar-refractivity contribution in [3.05, 3.63) is 12.3 Å². The second-order valence-electron chi connectivity index (χ2n) is 5.36. The molecule has 18 heavy (non-hydrogen) atoms. The highest BCUT2D eigenvalue weighted by Crippen LogP contribution is 2.34. The van der Waals surface area contributed by atoms with Crippen LogP contribution in [0.5, 0.6) is 0 Å². The lowest BCUT2D eigenvalue weighted by atomic mass is 9.85. The molecule has 1 fully saturated rings. The van der Waals surface area contributed by atoms with Gasteiger partial charge in [-0.2, -0.15) is 0 Å². The minimum Gasteiger partial charge on any atom is -0.478 e. The molecular formula is C12H19NO5. The minimum absolute atomic E-state index is 0.381. The van der Waals surface area contributed by atoms with Crippen molar-refractivity contribution in [2.45, 2.75) is 39.6 Å². The summed E-state index contributed by atoms with van der Waals surface area (Å²) in [5.74, 6) is -2.33. The maximum Gasteiger partial charge on any atom is 0.329 e. The number of hydrogen-bond acceptors (Lipinski definition) is 4. The van der Waals surface area contributed by atoms with Crippen LogP contribution in [-0.4, -0.2) is 35.5 Å². The first-order chi connectivity index (χ1) is 8.14. The molecule has 2 N–H and O–H groups in total. The smallest absolute Gasteiger partial charge is 0.329 e. The molecule has 1 aliphatic rings. The quantitative estimate of drug-likeness (QED) is 0.733. The first-order valence-corrected chi connectivity index (χ1v) is 5.66. The van der Waals surface area contributed by atoms with E-state index in [2.05, 4.69) is 5.32 Å². The van der Waals surface area contributed by atoms with Gasteiger partial charge in [0.25, 0.3) is 5.91 Å². The van der Waals surface area contributed by atoms with E-state index in [4.69, 9.17) is 14.6 Å². The molecule has 102 valence electrons. The number of hydrogen-bond donors (Lipinski definition) is 2. The summed E-state index contributed by atoms with van der Waals surface area (Å²) < 4.78 is 11.1. The summed E-state index contributed by atoms with van der Waals surface area (Å²) in [7, 11) is 0. The molecule has 1 heterocycles. The first kappa shape index (κ1) is 14.7. The number of rotatable bonds is 3. The third-order valence-electron chi connectivity index (χ3n) is 2.59. The van der Waals surface area contributed by atoms with E-state index in [1.807, 2.05) is 13.8 Å². The molecule has 1 saturated heterocycles. The van der Waals surface area contributed by atoms with Gasteiger partial charge < -0.3 is 19.9 Å². The van der Waals surface area contributed by atoms with Crippen molar-refractivity contribution in [2.75, 3.05) is 6.61 Å². The SMILES string of the molecule is CC1(C)OCC(C)(C)[C@H](C(=O)N/C=C\C(=O)O)O1. The van der Waals surface area contributed by atoms with Gasteiger partial charge in [0.1, 0.15) is 6.10 Å². The lowest BCUT2D eigenvalue weighted by Crippen LogP contribution is -2.55. The van der Waals surface area contributed by atoms with Crippen molar-refractivity contribution >= 4 is 11.9 Å². The predicted octanol–water partition coefficient (Wildman–Crippen LogP) is 0.879. The third kappa shape index (κ3) is 3.82. The monoisotopic (exact) mass is 257 g/mol. The Kier molecular flexibility index (Phi) is 4.13. The van der Waals surface area contributed by atoms with Crippen LogP contribution in [0.3, 0.4) is 0 Å². The molecule has 0 saturated carbocycles. The molecule has 0 aromatic carbocycles. The first-order valence-electron chi connectivity index (χ1n) is 5.66. The van der Waals surface area contributed by atoms with Gasteiger partial charge in [-0.05, 0) is 13.8 Å². The van der Waals surface area contributed by atoms with Gasteiger partial charge in [0.2, 0.25) is 0 Å². The van der Waals surface area contributed by atoms with Crippen LogP contribution in [0, 0.1) is 5.41 Å². The number of ether oxygens (including phenoxy) is 2. The summed E-state index contributed by atoms with van der Waals surface area (Å²) in [6.07, 6.45) is 1.25. The van der Waals surface area contributed by atoms with Crippen molar-refractivity contribution in [3.63, 3.8) is 0 Å². The van der Waals surface area contributed by atoms with Crippen molar-refractivity contribution in [2.24, 2.45) is 5.41 Å². The molecule has 0 bridgehead atoms. The Bertz CT molecular complexity index is 373. The highest BCUT2D eigenvalue weighted by Gasteiger charge is 2.45. The summed E-state index contributed by atoms with van der Waals surface area (Å²) >= 11 is 0. The average molecular weight is 257 g/mol. The number of carboxylic acid groups (broad SMARTS) is 1. The molecule has 6 nitrogen and oxygen atoms in total. The number of carbonyl (C=O) groups excluding carboxylic acids is 1. The molecule has 0 radical (unpaired) electrons. The van der Waals surface area contributed by atoms with E-state index in [0.717, 1.165) is 12.3 Å². The van der Waals surface area contributed by atoms with Gasteiger partial charge in [0.05, 0.1) is 6.61 Å². The molecule has 1 rings (SSSR count). The van der Waals surface area contributed by atoms with Gasteiger partial charge >= 0.3 is 5.97 Å². The topological polar surface area (TPSA) is 84.9 Å². The molecule has 0 aromatic heterocycles. The number of carbonyl (C=O) groups is 2. The van der Waals surface area contributed by atoms with E-state index >= 15 is 0 Å². The second kappa shape index (κ2) is 5.07. The van der Waals surface area contributed by atoms with E-state index in [9.17, 15) is 9.59 Å². The second-order valence-corrected chi connectivity index (χ2v) is 5.36. The zero-order valence-corrected chi connectivity index (χ0v) is 11.0. The van der Waals surface area contributed by atoms with Crippen LogP contribution in [0.25, 0.3) is 0 Å². The van der Waals surface area contributed by atoms with E-state index in [-0.39, 0.29) is 5.91 Å². The molecular weight excluding hydrogens is 238 g/mol. The van der Waals surface area contributed by atoms with Crippen LogP contribution in [0.4, 0.5) is 0 Å². The number of aliphatic carboxylic acids is 1. The highest BCUT2D eigenvalue weighted by molar-refractivity contribution is 5.85. The molecule has 0 unspecified atom stereocenters. The van der Waals surface area contributed by atoms with Crippen LogP contribution in [0.15, 0.2) is 12.3 Å². The van der Waals surface area contributed by atoms with E-state index in [0.29, 0.717) is 6.61 Å². The predicted molar refractivity (Wildman–Crippen MR) is 63.6 cm³/mol. The van der Waals surface area contributed by atoms with Crippen LogP contribution >= 0.6 is 0 Å². The van der Waals surface area contributed by atoms with E-state index < -0.39 is 23.3 Å². The summed E-state index contributed by atoms with van der Waals surface area (Å²) in [5.41, 5.74) is -0.476. The molecule has 0 aromatic rings. The Labute approximate surface area is 106 Å². The third-order valence-corrected chi connectivity index (χ3v) is 2.59. The van der Waals surface area contributed by atoms with Gasteiger partial charge in [-0.1, -0.05) is 13.8 Å². The molecule has 0 spiro atoms. The fourth-order valence-corrected chi connectivity index (χ4v) is 1.59. The molecule has 6 heteroatoms. The van der Waals surface area contributed by atoms with Crippen molar-refractivity contribution in [1.29, 1.82) is 0 Å². The zero-order valence-electron chi connectivity index (χ0n) is 11.0. The van der Waals surface area contributed by atoms with E-state index in [1.165, 1.54) is 0 Å². The molecule has 1 amide bonds. The Morgan fingerprint density at radius 3 is 2.50 bits per heavy atom. The number of nitrogens with one attached hydrogen (secondary N) is 1. The van der Waals surface area contributed by atoms with Gasteiger partial charge in [0, 0.05) is 17.7 Å². The highest BCUT2D eigenvalue weighted by atomic mass is 16.7. The van der Waals surface area contributed by atoms with E-state index in [1.54, 1.807) is 13.8 Å².